The molecule has 0 aliphatic carbocycles. The number of nitrogens with two attached hydrogens (primary N) is 1. The van der Waals surface area contributed by atoms with Crippen LogP contribution in [0.2, 0.25) is 0 Å². The molecule has 96 valence electrons. The molecule has 1 unspecified atom stereocenters. The largest absolute Gasteiger partial charge is 0.480 e. The van der Waals surface area contributed by atoms with Crippen LogP contribution in [0.15, 0.2) is 37.2 Å². The van der Waals surface area contributed by atoms with Gasteiger partial charge in [-0.1, -0.05) is 0 Å². The molecule has 0 saturated heterocycles. The van der Waals surface area contributed by atoms with Crippen molar-refractivity contribution in [1.82, 2.24) is 24.6 Å². The van der Waals surface area contributed by atoms with Gasteiger partial charge in [-0.05, 0) is 0 Å². The van der Waals surface area contributed by atoms with E-state index in [0.29, 0.717) is 11.6 Å². The number of nitrogens with zero attached hydrogens (tertiary/aromatic N) is 5. The molecule has 0 spiro atoms. The smallest absolute Gasteiger partial charge is 0.237 e. The molecule has 0 aliphatic heterocycles. The molecule has 2 N–H and O–H groups in total. The van der Waals surface area contributed by atoms with Crippen LogP contribution < -0.4 is 10.5 Å². The van der Waals surface area contributed by atoms with E-state index in [1.54, 1.807) is 41.7 Å². The number of rotatable bonds is 3. The Bertz CT molecular complexity index is 710. The normalized spacial score (nSPS) is 12.5. The first kappa shape index (κ1) is 11.5. The number of hydrogen-bond donors (Lipinski definition) is 1. The van der Waals surface area contributed by atoms with E-state index < -0.39 is 6.04 Å². The predicted octanol–water partition coefficient (Wildman–Crippen LogP) is 0.576. The summed E-state index contributed by atoms with van der Waals surface area (Å²) in [7, 11) is 1.54. The topological polar surface area (TPSA) is 91.2 Å². The first-order chi connectivity index (χ1) is 9.31. The molecular weight excluding hydrogens is 244 g/mol. The summed E-state index contributed by atoms with van der Waals surface area (Å²) in [6.07, 6.45) is 9.99. The van der Waals surface area contributed by atoms with E-state index in [0.717, 1.165) is 11.1 Å². The maximum Gasteiger partial charge on any atom is 0.237 e. The fourth-order valence-electron chi connectivity index (χ4n) is 1.95. The third-order valence-corrected chi connectivity index (χ3v) is 2.87. The highest BCUT2D eigenvalue weighted by Gasteiger charge is 2.20. The van der Waals surface area contributed by atoms with Gasteiger partial charge in [0.15, 0.2) is 0 Å². The van der Waals surface area contributed by atoms with E-state index in [1.165, 1.54) is 7.11 Å². The average Bonchev–Trinajstić information content (AvgIpc) is 2.90. The third kappa shape index (κ3) is 1.89. The standard InChI is InChI=1S/C12H12N6O/c1-19-12-11(15-2-3-16-12)10(13)8-6-17-18-5-4-14-7-9(8)18/h2-7,10H,13H2,1H3. The molecular formula is C12H12N6O. The number of ether oxygens (including phenoxy) is 1. The second kappa shape index (κ2) is 4.62. The summed E-state index contributed by atoms with van der Waals surface area (Å²) in [6, 6.07) is -0.467. The molecule has 0 aliphatic rings. The second-order valence-corrected chi connectivity index (χ2v) is 3.93. The molecule has 7 heteroatoms. The summed E-state index contributed by atoms with van der Waals surface area (Å²) < 4.78 is 6.89. The quantitative estimate of drug-likeness (QED) is 0.737. The van der Waals surface area contributed by atoms with Gasteiger partial charge in [-0.15, -0.1) is 0 Å². The Morgan fingerprint density at radius 2 is 2.05 bits per heavy atom. The van der Waals surface area contributed by atoms with Gasteiger partial charge in [0.2, 0.25) is 5.88 Å². The van der Waals surface area contributed by atoms with Gasteiger partial charge in [0.05, 0.1) is 31.1 Å². The summed E-state index contributed by atoms with van der Waals surface area (Å²) >= 11 is 0. The molecule has 0 aromatic carbocycles. The van der Waals surface area contributed by atoms with E-state index in [-0.39, 0.29) is 0 Å². The lowest BCUT2D eigenvalue weighted by Crippen LogP contribution is -2.15. The minimum Gasteiger partial charge on any atom is -0.480 e. The van der Waals surface area contributed by atoms with Crippen molar-refractivity contribution in [2.45, 2.75) is 6.04 Å². The summed E-state index contributed by atoms with van der Waals surface area (Å²) in [4.78, 5) is 12.4. The minimum absolute atomic E-state index is 0.415. The van der Waals surface area contributed by atoms with Crippen molar-refractivity contribution in [3.63, 3.8) is 0 Å². The van der Waals surface area contributed by atoms with Crippen molar-refractivity contribution in [1.29, 1.82) is 0 Å². The van der Waals surface area contributed by atoms with E-state index in [2.05, 4.69) is 20.1 Å². The van der Waals surface area contributed by atoms with Crippen LogP contribution in [0.1, 0.15) is 17.3 Å². The zero-order chi connectivity index (χ0) is 13.2. The zero-order valence-electron chi connectivity index (χ0n) is 10.3. The fraction of sp³-hybridized carbons (Fsp3) is 0.167. The highest BCUT2D eigenvalue weighted by Crippen LogP contribution is 2.26. The van der Waals surface area contributed by atoms with Gasteiger partial charge in [-0.3, -0.25) is 9.97 Å². The molecule has 19 heavy (non-hydrogen) atoms. The Hall–Kier alpha value is -2.54. The van der Waals surface area contributed by atoms with Crippen molar-refractivity contribution in [3.05, 3.63) is 48.4 Å². The first-order valence-corrected chi connectivity index (χ1v) is 5.69. The van der Waals surface area contributed by atoms with Crippen LogP contribution in [0.5, 0.6) is 5.88 Å². The maximum atomic E-state index is 6.24. The molecule has 0 amide bonds. The monoisotopic (exact) mass is 256 g/mol. The van der Waals surface area contributed by atoms with Crippen LogP contribution in [0.3, 0.4) is 0 Å². The van der Waals surface area contributed by atoms with Gasteiger partial charge in [0.1, 0.15) is 5.69 Å². The minimum atomic E-state index is -0.467. The zero-order valence-corrected chi connectivity index (χ0v) is 10.3. The summed E-state index contributed by atoms with van der Waals surface area (Å²) in [5, 5.41) is 4.23. The Balaban J connectivity index is 2.11. The molecule has 3 rings (SSSR count). The van der Waals surface area contributed by atoms with Crippen molar-refractivity contribution in [2.75, 3.05) is 7.11 Å². The van der Waals surface area contributed by atoms with Crippen molar-refractivity contribution < 1.29 is 4.74 Å². The highest BCUT2D eigenvalue weighted by atomic mass is 16.5. The average molecular weight is 256 g/mol. The molecule has 0 fully saturated rings. The number of hydrogen-bond acceptors (Lipinski definition) is 6. The molecule has 3 aromatic rings. The first-order valence-electron chi connectivity index (χ1n) is 5.69. The van der Waals surface area contributed by atoms with Crippen molar-refractivity contribution >= 4 is 5.52 Å². The lowest BCUT2D eigenvalue weighted by Gasteiger charge is -2.12. The summed E-state index contributed by atoms with van der Waals surface area (Å²) in [6.45, 7) is 0. The summed E-state index contributed by atoms with van der Waals surface area (Å²) in [5.41, 5.74) is 8.47. The number of methoxy groups -OCH3 is 1. The maximum absolute atomic E-state index is 6.24. The molecule has 0 radical (unpaired) electrons. The van der Waals surface area contributed by atoms with Gasteiger partial charge in [-0.2, -0.15) is 5.10 Å². The van der Waals surface area contributed by atoms with Gasteiger partial charge in [0.25, 0.3) is 0 Å². The lowest BCUT2D eigenvalue weighted by atomic mass is 10.1. The second-order valence-electron chi connectivity index (χ2n) is 3.93. The van der Waals surface area contributed by atoms with Crippen LogP contribution in [0.4, 0.5) is 0 Å². The van der Waals surface area contributed by atoms with E-state index >= 15 is 0 Å². The molecule has 0 bridgehead atoms. The van der Waals surface area contributed by atoms with Gasteiger partial charge >= 0.3 is 0 Å². The van der Waals surface area contributed by atoms with Crippen LogP contribution >= 0.6 is 0 Å². The van der Waals surface area contributed by atoms with E-state index in [4.69, 9.17) is 10.5 Å². The van der Waals surface area contributed by atoms with Crippen molar-refractivity contribution in [2.24, 2.45) is 5.73 Å². The Kier molecular flexibility index (Phi) is 2.81. The number of aromatic nitrogens is 5. The predicted molar refractivity (Wildman–Crippen MR) is 67.6 cm³/mol. The van der Waals surface area contributed by atoms with Crippen LogP contribution in [0.25, 0.3) is 5.52 Å². The fourth-order valence-corrected chi connectivity index (χ4v) is 1.95. The Morgan fingerprint density at radius 3 is 2.89 bits per heavy atom. The summed E-state index contributed by atoms with van der Waals surface area (Å²) in [5.74, 6) is 0.415. The molecule has 1 atom stereocenters. The van der Waals surface area contributed by atoms with Crippen LogP contribution in [-0.4, -0.2) is 31.7 Å². The molecule has 0 saturated carbocycles. The Morgan fingerprint density at radius 1 is 1.21 bits per heavy atom. The molecule has 3 heterocycles. The van der Waals surface area contributed by atoms with Gasteiger partial charge in [-0.25, -0.2) is 9.50 Å². The van der Waals surface area contributed by atoms with Crippen LogP contribution in [0, 0.1) is 0 Å². The third-order valence-electron chi connectivity index (χ3n) is 2.87. The van der Waals surface area contributed by atoms with Crippen molar-refractivity contribution in [3.8, 4) is 5.88 Å². The lowest BCUT2D eigenvalue weighted by molar-refractivity contribution is 0.387. The van der Waals surface area contributed by atoms with E-state index in [1.807, 2.05) is 0 Å². The molecule has 7 nitrogen and oxygen atoms in total. The van der Waals surface area contributed by atoms with E-state index in [9.17, 15) is 0 Å². The SMILES string of the molecule is COc1nccnc1C(N)c1cnn2ccncc12. The highest BCUT2D eigenvalue weighted by molar-refractivity contribution is 5.55. The van der Waals surface area contributed by atoms with Crippen LogP contribution in [-0.2, 0) is 0 Å². The number of fused-ring (bicyclic) bond motifs is 1. The Labute approximate surface area is 109 Å². The molecule has 3 aromatic heterocycles. The van der Waals surface area contributed by atoms with Gasteiger partial charge in [0, 0.05) is 30.4 Å². The van der Waals surface area contributed by atoms with Gasteiger partial charge < -0.3 is 10.5 Å².